The van der Waals surface area contributed by atoms with Crippen molar-refractivity contribution in [3.63, 3.8) is 0 Å². The minimum absolute atomic E-state index is 0.310. The third kappa shape index (κ3) is 3.41. The van der Waals surface area contributed by atoms with Crippen molar-refractivity contribution in [2.45, 2.75) is 17.0 Å². The van der Waals surface area contributed by atoms with E-state index in [0.717, 1.165) is 32.0 Å². The highest BCUT2D eigenvalue weighted by molar-refractivity contribution is 8.00. The highest BCUT2D eigenvalue weighted by atomic mass is 32.2. The van der Waals surface area contributed by atoms with Gasteiger partial charge in [-0.25, -0.2) is 14.6 Å². The number of nitrogens with zero attached hydrogens (tertiary/aromatic N) is 3. The molecule has 0 atom stereocenters. The summed E-state index contributed by atoms with van der Waals surface area (Å²) < 4.78 is 8.53. The van der Waals surface area contributed by atoms with Crippen molar-refractivity contribution < 1.29 is 9.21 Å². The Morgan fingerprint density at radius 2 is 2.03 bits per heavy atom. The summed E-state index contributed by atoms with van der Waals surface area (Å²) in [6.07, 6.45) is 1.60. The lowest BCUT2D eigenvalue weighted by Gasteiger charge is -2.07. The maximum atomic E-state index is 13.1. The normalized spacial score (nSPS) is 11.3. The van der Waals surface area contributed by atoms with Gasteiger partial charge in [0, 0.05) is 27.8 Å². The van der Waals surface area contributed by atoms with E-state index in [1.807, 2.05) is 60.8 Å². The standard InChI is InChI=1S/C21H16N4O2S2/c1-13-10-28-21(23-13)29-11-15-14-6-2-5-9-18(14)27-19(15)20(26)24-25-12-22-16-7-3-4-8-17(16)25/h2-10,12H,11H2,1H3,(H,24,26). The molecule has 2 aromatic carbocycles. The Kier molecular flexibility index (Phi) is 4.57. The minimum atomic E-state index is -0.310. The van der Waals surface area contributed by atoms with E-state index in [1.165, 1.54) is 0 Å². The molecule has 3 heterocycles. The lowest BCUT2D eigenvalue weighted by atomic mass is 10.1. The summed E-state index contributed by atoms with van der Waals surface area (Å²) in [5.41, 5.74) is 7.08. The molecule has 0 unspecified atom stereocenters. The van der Waals surface area contributed by atoms with Crippen LogP contribution in [0.2, 0.25) is 0 Å². The van der Waals surface area contributed by atoms with E-state index >= 15 is 0 Å². The van der Waals surface area contributed by atoms with Crippen LogP contribution < -0.4 is 5.43 Å². The first-order chi connectivity index (χ1) is 14.2. The molecule has 144 valence electrons. The average molecular weight is 421 g/mol. The zero-order chi connectivity index (χ0) is 19.8. The van der Waals surface area contributed by atoms with Gasteiger partial charge in [0.15, 0.2) is 5.76 Å². The molecule has 0 aliphatic heterocycles. The second-order valence-corrected chi connectivity index (χ2v) is 8.57. The van der Waals surface area contributed by atoms with Gasteiger partial charge in [-0.1, -0.05) is 42.1 Å². The SMILES string of the molecule is Cc1csc(SCc2c(C(=O)Nn3cnc4ccccc43)oc3ccccc23)n1. The minimum Gasteiger partial charge on any atom is -0.451 e. The van der Waals surface area contributed by atoms with Crippen LogP contribution in [0.5, 0.6) is 0 Å². The molecule has 1 N–H and O–H groups in total. The summed E-state index contributed by atoms with van der Waals surface area (Å²) in [6.45, 7) is 1.97. The number of benzene rings is 2. The van der Waals surface area contributed by atoms with Gasteiger partial charge in [-0.3, -0.25) is 10.2 Å². The molecule has 0 radical (unpaired) electrons. The number of carbonyl (C=O) groups is 1. The number of rotatable bonds is 5. The third-order valence-corrected chi connectivity index (χ3v) is 6.68. The van der Waals surface area contributed by atoms with Gasteiger partial charge in [-0.2, -0.15) is 0 Å². The van der Waals surface area contributed by atoms with Crippen molar-refractivity contribution in [3.05, 3.63) is 77.3 Å². The summed E-state index contributed by atoms with van der Waals surface area (Å²) in [5, 5.41) is 2.96. The number of imidazole rings is 1. The van der Waals surface area contributed by atoms with Crippen LogP contribution in [0.1, 0.15) is 21.8 Å². The fourth-order valence-corrected chi connectivity index (χ4v) is 5.04. The fraction of sp³-hybridized carbons (Fsp3) is 0.0952. The molecule has 0 saturated heterocycles. The number of thiazole rings is 1. The first kappa shape index (κ1) is 18.0. The zero-order valence-electron chi connectivity index (χ0n) is 15.5. The maximum Gasteiger partial charge on any atom is 0.306 e. The number of furan rings is 1. The van der Waals surface area contributed by atoms with Gasteiger partial charge in [0.25, 0.3) is 0 Å². The highest BCUT2D eigenvalue weighted by Crippen LogP contribution is 2.33. The zero-order valence-corrected chi connectivity index (χ0v) is 17.1. The molecule has 6 nitrogen and oxygen atoms in total. The van der Waals surface area contributed by atoms with Crippen LogP contribution in [-0.2, 0) is 5.75 Å². The van der Waals surface area contributed by atoms with Crippen molar-refractivity contribution in [1.29, 1.82) is 0 Å². The Morgan fingerprint density at radius 1 is 1.21 bits per heavy atom. The number of hydrogen-bond acceptors (Lipinski definition) is 6. The van der Waals surface area contributed by atoms with E-state index in [1.54, 1.807) is 34.1 Å². The van der Waals surface area contributed by atoms with Crippen molar-refractivity contribution in [1.82, 2.24) is 14.6 Å². The van der Waals surface area contributed by atoms with Crippen LogP contribution in [0.3, 0.4) is 0 Å². The van der Waals surface area contributed by atoms with Crippen molar-refractivity contribution in [2.75, 3.05) is 5.43 Å². The third-order valence-electron chi connectivity index (χ3n) is 4.52. The van der Waals surface area contributed by atoms with E-state index in [2.05, 4.69) is 15.4 Å². The lowest BCUT2D eigenvalue weighted by Crippen LogP contribution is -2.22. The molecule has 29 heavy (non-hydrogen) atoms. The number of thioether (sulfide) groups is 1. The molecule has 0 aliphatic carbocycles. The molecule has 1 amide bonds. The number of para-hydroxylation sites is 3. The van der Waals surface area contributed by atoms with Gasteiger partial charge < -0.3 is 4.42 Å². The summed E-state index contributed by atoms with van der Waals surface area (Å²) in [7, 11) is 0. The van der Waals surface area contributed by atoms with Crippen molar-refractivity contribution in [2.24, 2.45) is 0 Å². The number of hydrogen-bond donors (Lipinski definition) is 1. The van der Waals surface area contributed by atoms with Crippen LogP contribution in [0, 0.1) is 6.92 Å². The number of amides is 1. The predicted molar refractivity (Wildman–Crippen MR) is 116 cm³/mol. The molecule has 0 fully saturated rings. The molecule has 0 spiro atoms. The van der Waals surface area contributed by atoms with Gasteiger partial charge in [0.1, 0.15) is 16.2 Å². The quantitative estimate of drug-likeness (QED) is 0.395. The summed E-state index contributed by atoms with van der Waals surface area (Å²) >= 11 is 3.21. The Balaban J connectivity index is 1.49. The van der Waals surface area contributed by atoms with Gasteiger partial charge in [-0.15, -0.1) is 11.3 Å². The number of aromatic nitrogens is 3. The van der Waals surface area contributed by atoms with Gasteiger partial charge in [-0.05, 0) is 25.1 Å². The van der Waals surface area contributed by atoms with Gasteiger partial charge in [0.2, 0.25) is 0 Å². The van der Waals surface area contributed by atoms with Crippen molar-refractivity contribution >= 4 is 51.0 Å². The first-order valence-corrected chi connectivity index (χ1v) is 10.8. The first-order valence-electron chi connectivity index (χ1n) is 8.98. The number of nitrogens with one attached hydrogen (secondary N) is 1. The second kappa shape index (κ2) is 7.38. The van der Waals surface area contributed by atoms with Crippen LogP contribution in [0.4, 0.5) is 0 Å². The number of carbonyl (C=O) groups excluding carboxylic acids is 1. The van der Waals surface area contributed by atoms with Crippen LogP contribution in [0.25, 0.3) is 22.0 Å². The van der Waals surface area contributed by atoms with Gasteiger partial charge >= 0.3 is 5.91 Å². The van der Waals surface area contributed by atoms with Crippen LogP contribution in [-0.4, -0.2) is 20.6 Å². The second-order valence-electron chi connectivity index (χ2n) is 6.49. The highest BCUT2D eigenvalue weighted by Gasteiger charge is 2.21. The topological polar surface area (TPSA) is 73.0 Å². The van der Waals surface area contributed by atoms with E-state index in [9.17, 15) is 4.79 Å². The molecule has 0 aliphatic rings. The Morgan fingerprint density at radius 3 is 2.90 bits per heavy atom. The Labute approximate surface area is 174 Å². The molecule has 5 rings (SSSR count). The molecular formula is C21H16N4O2S2. The van der Waals surface area contributed by atoms with Crippen LogP contribution in [0.15, 0.2) is 69.0 Å². The van der Waals surface area contributed by atoms with E-state index < -0.39 is 0 Å². The summed E-state index contributed by atoms with van der Waals surface area (Å²) in [6, 6.07) is 15.3. The summed E-state index contributed by atoms with van der Waals surface area (Å²) in [4.78, 5) is 21.9. The van der Waals surface area contributed by atoms with Crippen LogP contribution >= 0.6 is 23.1 Å². The van der Waals surface area contributed by atoms with E-state index in [-0.39, 0.29) is 5.91 Å². The van der Waals surface area contributed by atoms with E-state index in [4.69, 9.17) is 4.42 Å². The van der Waals surface area contributed by atoms with Crippen molar-refractivity contribution in [3.8, 4) is 0 Å². The Hall–Kier alpha value is -3.10. The molecule has 0 saturated carbocycles. The largest absolute Gasteiger partial charge is 0.451 e. The fourth-order valence-electron chi connectivity index (χ4n) is 3.17. The van der Waals surface area contributed by atoms with E-state index in [0.29, 0.717) is 17.1 Å². The number of fused-ring (bicyclic) bond motifs is 2. The molecule has 5 aromatic rings. The maximum absolute atomic E-state index is 13.1. The smallest absolute Gasteiger partial charge is 0.306 e. The number of aryl methyl sites for hydroxylation is 1. The average Bonchev–Trinajstić information content (AvgIpc) is 3.43. The molecular weight excluding hydrogens is 404 g/mol. The molecule has 0 bridgehead atoms. The Bertz CT molecular complexity index is 1330. The monoisotopic (exact) mass is 420 g/mol. The molecule has 3 aromatic heterocycles. The lowest BCUT2D eigenvalue weighted by molar-refractivity contribution is 0.0983. The summed E-state index contributed by atoms with van der Waals surface area (Å²) in [5.74, 6) is 0.595. The predicted octanol–water partition coefficient (Wildman–Crippen LogP) is 5.22. The van der Waals surface area contributed by atoms with Gasteiger partial charge in [0.05, 0.1) is 11.0 Å². The molecule has 8 heteroatoms.